The quantitative estimate of drug-likeness (QED) is 0.465. The minimum Gasteiger partial charge on any atom is -0.376 e. The minimum atomic E-state index is -1.81. The maximum Gasteiger partial charge on any atom is 0.254 e. The number of rotatable bonds is 0. The Hall–Kier alpha value is -0.110. The van der Waals surface area contributed by atoms with E-state index in [2.05, 4.69) is 33.2 Å². The topological polar surface area (TPSA) is 34.2 Å². The van der Waals surface area contributed by atoms with Crippen LogP contribution in [0.4, 0.5) is 4.39 Å². The molecule has 12 heavy (non-hydrogen) atoms. The lowest BCUT2D eigenvalue weighted by Crippen LogP contribution is -2.08. The molecule has 1 aliphatic heterocycles. The SMILES string of the molecule is Fc1cnc2c(c1)S(S)(S)NO2. The fourth-order valence-electron chi connectivity index (χ4n) is 0.831. The average molecular weight is 224 g/mol. The zero-order valence-electron chi connectivity index (χ0n) is 5.69. The molecule has 1 aromatic heterocycles. The second-order valence-corrected chi connectivity index (χ2v) is 8.05. The van der Waals surface area contributed by atoms with Crippen LogP contribution in [-0.2, 0) is 0 Å². The summed E-state index contributed by atoms with van der Waals surface area (Å²) in [7, 11) is -1.81. The van der Waals surface area contributed by atoms with Gasteiger partial charge in [0.25, 0.3) is 5.88 Å². The Morgan fingerprint density at radius 2 is 2.33 bits per heavy atom. The first-order valence-corrected chi connectivity index (χ1v) is 6.71. The molecule has 2 rings (SSSR count). The molecule has 0 fully saturated rings. The van der Waals surface area contributed by atoms with Crippen molar-refractivity contribution in [1.82, 2.24) is 9.87 Å². The molecule has 1 aromatic rings. The van der Waals surface area contributed by atoms with E-state index in [1.54, 1.807) is 0 Å². The molecule has 1 N–H and O–H groups in total. The molecule has 0 aliphatic carbocycles. The number of nitrogens with zero attached hydrogens (tertiary/aromatic N) is 1. The smallest absolute Gasteiger partial charge is 0.254 e. The first kappa shape index (κ1) is 8.49. The van der Waals surface area contributed by atoms with E-state index in [1.807, 2.05) is 0 Å². The van der Waals surface area contributed by atoms with Crippen molar-refractivity contribution in [2.24, 2.45) is 0 Å². The zero-order valence-corrected chi connectivity index (χ0v) is 8.30. The van der Waals surface area contributed by atoms with E-state index >= 15 is 0 Å². The van der Waals surface area contributed by atoms with Crippen LogP contribution in [0.5, 0.6) is 5.88 Å². The molecule has 0 amide bonds. The lowest BCUT2D eigenvalue weighted by Gasteiger charge is -2.18. The van der Waals surface area contributed by atoms with Gasteiger partial charge in [-0.15, -0.1) is 0 Å². The lowest BCUT2D eigenvalue weighted by atomic mass is 10.5. The summed E-state index contributed by atoms with van der Waals surface area (Å²) in [6.07, 6.45) is 1.09. The van der Waals surface area contributed by atoms with Gasteiger partial charge in [-0.05, 0) is 14.3 Å². The van der Waals surface area contributed by atoms with Gasteiger partial charge >= 0.3 is 0 Å². The van der Waals surface area contributed by atoms with Crippen molar-refractivity contribution in [3.63, 3.8) is 0 Å². The van der Waals surface area contributed by atoms with Gasteiger partial charge in [-0.3, -0.25) is 0 Å². The van der Waals surface area contributed by atoms with Crippen LogP contribution in [0.25, 0.3) is 0 Å². The number of fused-ring (bicyclic) bond motifs is 1. The van der Waals surface area contributed by atoms with Crippen LogP contribution in [-0.4, -0.2) is 4.98 Å². The Kier molecular flexibility index (Phi) is 1.90. The minimum absolute atomic E-state index is 0.344. The largest absolute Gasteiger partial charge is 0.376 e. The number of thiol groups is 2. The Bertz CT molecular complexity index is 332. The van der Waals surface area contributed by atoms with Crippen molar-refractivity contribution in [2.45, 2.75) is 4.90 Å². The maximum atomic E-state index is 12.7. The summed E-state index contributed by atoms with van der Waals surface area (Å²) in [5, 5.41) is 0. The molecule has 66 valence electrons. The predicted molar refractivity (Wildman–Crippen MR) is 51.8 cm³/mol. The highest BCUT2D eigenvalue weighted by molar-refractivity contribution is 9.17. The number of nitrogens with one attached hydrogen (secondary N) is 1. The number of hydrogen-bond donors (Lipinski definition) is 3. The van der Waals surface area contributed by atoms with E-state index in [-0.39, 0.29) is 0 Å². The second kappa shape index (κ2) is 2.69. The highest BCUT2D eigenvalue weighted by Crippen LogP contribution is 2.65. The van der Waals surface area contributed by atoms with Crippen LogP contribution in [0, 0.1) is 5.82 Å². The molecule has 0 aromatic carbocycles. The first-order chi connectivity index (χ1) is 5.59. The van der Waals surface area contributed by atoms with Gasteiger partial charge in [0, 0.05) is 0 Å². The molecule has 0 saturated carbocycles. The summed E-state index contributed by atoms with van der Waals surface area (Å²) in [5.41, 5.74) is 0. The van der Waals surface area contributed by atoms with Crippen LogP contribution < -0.4 is 9.72 Å². The third-order valence-electron chi connectivity index (χ3n) is 1.35. The van der Waals surface area contributed by atoms with Gasteiger partial charge in [0.15, 0.2) is 0 Å². The average Bonchev–Trinajstić information content (AvgIpc) is 2.28. The lowest BCUT2D eigenvalue weighted by molar-refractivity contribution is 0.279. The number of pyridine rings is 1. The zero-order chi connectivity index (χ0) is 8.77. The molecule has 2 heterocycles. The Balaban J connectivity index is 2.57. The fraction of sp³-hybridized carbons (Fsp3) is 0. The fourth-order valence-corrected chi connectivity index (χ4v) is 2.74. The van der Waals surface area contributed by atoms with Crippen molar-refractivity contribution in [1.29, 1.82) is 0 Å². The van der Waals surface area contributed by atoms with Crippen LogP contribution in [0.3, 0.4) is 0 Å². The van der Waals surface area contributed by atoms with Crippen LogP contribution in [0.15, 0.2) is 17.2 Å². The van der Waals surface area contributed by atoms with E-state index in [4.69, 9.17) is 4.84 Å². The molecule has 0 radical (unpaired) electrons. The first-order valence-electron chi connectivity index (χ1n) is 2.97. The van der Waals surface area contributed by atoms with Gasteiger partial charge in [0.1, 0.15) is 5.82 Å². The second-order valence-electron chi connectivity index (χ2n) is 2.19. The monoisotopic (exact) mass is 224 g/mol. The molecular formula is C5H5FN2OS3. The normalized spacial score (nSPS) is 21.2. The molecule has 0 bridgehead atoms. The molecule has 0 atom stereocenters. The third kappa shape index (κ3) is 1.26. The summed E-state index contributed by atoms with van der Waals surface area (Å²) in [6.45, 7) is 0. The predicted octanol–water partition coefficient (Wildman–Crippen LogP) is 1.89. The standard InChI is InChI=1S/C5H5FN2OS3/c6-3-1-4-5(7-2-3)9-8-12(4,10)11/h1-2,8,10-11H. The highest BCUT2D eigenvalue weighted by Gasteiger charge is 2.31. The van der Waals surface area contributed by atoms with E-state index in [0.717, 1.165) is 6.20 Å². The van der Waals surface area contributed by atoms with Gasteiger partial charge in [-0.2, -0.15) is 0 Å². The van der Waals surface area contributed by atoms with Gasteiger partial charge in [-0.1, -0.05) is 28.2 Å². The summed E-state index contributed by atoms with van der Waals surface area (Å²) >= 11 is 8.36. The van der Waals surface area contributed by atoms with Crippen LogP contribution in [0.2, 0.25) is 0 Å². The van der Waals surface area contributed by atoms with E-state index in [1.165, 1.54) is 6.07 Å². The summed E-state index contributed by atoms with van der Waals surface area (Å²) in [6, 6.07) is 1.32. The molecule has 0 unspecified atom stereocenters. The number of hydrogen-bond acceptors (Lipinski definition) is 5. The molecule has 3 nitrogen and oxygen atoms in total. The molecule has 0 spiro atoms. The van der Waals surface area contributed by atoms with Crippen molar-refractivity contribution in [2.75, 3.05) is 0 Å². The van der Waals surface area contributed by atoms with E-state index in [0.29, 0.717) is 10.8 Å². The van der Waals surface area contributed by atoms with Crippen molar-refractivity contribution < 1.29 is 9.23 Å². The Labute approximate surface area is 79.7 Å². The van der Waals surface area contributed by atoms with Gasteiger partial charge < -0.3 is 4.84 Å². The summed E-state index contributed by atoms with van der Waals surface area (Å²) in [5.74, 6) is -0.0718. The highest BCUT2D eigenvalue weighted by atomic mass is 33.5. The van der Waals surface area contributed by atoms with Crippen molar-refractivity contribution in [3.8, 4) is 5.88 Å². The molecular weight excluding hydrogens is 219 g/mol. The Morgan fingerprint density at radius 1 is 1.58 bits per heavy atom. The van der Waals surface area contributed by atoms with E-state index < -0.39 is 14.1 Å². The molecule has 7 heteroatoms. The number of aromatic nitrogens is 1. The van der Waals surface area contributed by atoms with Crippen LogP contribution >= 0.6 is 31.6 Å². The summed E-state index contributed by atoms with van der Waals surface area (Å²) in [4.78, 5) is 11.8. The number of halogens is 1. The van der Waals surface area contributed by atoms with Gasteiger partial charge in [0.2, 0.25) is 0 Å². The van der Waals surface area contributed by atoms with Gasteiger partial charge in [-0.25, -0.2) is 9.37 Å². The maximum absolute atomic E-state index is 12.7. The van der Waals surface area contributed by atoms with Crippen LogP contribution in [0.1, 0.15) is 0 Å². The van der Waals surface area contributed by atoms with Crippen molar-refractivity contribution >= 4 is 31.6 Å². The molecule has 1 aliphatic rings. The summed E-state index contributed by atoms with van der Waals surface area (Å²) < 4.78 is 12.7. The van der Waals surface area contributed by atoms with E-state index in [9.17, 15) is 4.39 Å². The molecule has 0 saturated heterocycles. The third-order valence-corrected chi connectivity index (χ3v) is 4.20. The Morgan fingerprint density at radius 3 is 3.08 bits per heavy atom. The van der Waals surface area contributed by atoms with Crippen molar-refractivity contribution in [3.05, 3.63) is 18.1 Å². The van der Waals surface area contributed by atoms with Gasteiger partial charge in [0.05, 0.1) is 11.1 Å².